The third kappa shape index (κ3) is 1.16. The molecule has 2 aromatic rings. The highest BCUT2D eigenvalue weighted by molar-refractivity contribution is 14.1. The Morgan fingerprint density at radius 3 is 3.08 bits per heavy atom. The van der Waals surface area contributed by atoms with Crippen LogP contribution in [0.2, 0.25) is 5.15 Å². The third-order valence-corrected chi connectivity index (χ3v) is 2.52. The first-order chi connectivity index (χ1) is 5.68. The first-order valence-corrected chi connectivity index (χ1v) is 4.50. The highest BCUT2D eigenvalue weighted by atomic mass is 127. The number of aromatic amines is 1. The van der Waals surface area contributed by atoms with Gasteiger partial charge < -0.3 is 0 Å². The molecule has 2 heterocycles. The van der Waals surface area contributed by atoms with Crippen molar-refractivity contribution < 1.29 is 4.39 Å². The van der Waals surface area contributed by atoms with Gasteiger partial charge in [0.05, 0.1) is 5.39 Å². The summed E-state index contributed by atoms with van der Waals surface area (Å²) < 4.78 is 13.4. The minimum Gasteiger partial charge on any atom is -0.264 e. The zero-order valence-electron chi connectivity index (χ0n) is 5.61. The fourth-order valence-electron chi connectivity index (χ4n) is 0.915. The van der Waals surface area contributed by atoms with Gasteiger partial charge in [-0.05, 0) is 22.6 Å². The Bertz CT molecular complexity index is 442. The van der Waals surface area contributed by atoms with Gasteiger partial charge in [-0.2, -0.15) is 14.5 Å². The Labute approximate surface area is 85.5 Å². The lowest BCUT2D eigenvalue weighted by atomic mass is 10.4. The smallest absolute Gasteiger partial charge is 0.216 e. The molecule has 0 atom stereocenters. The molecule has 0 aliphatic heterocycles. The first-order valence-electron chi connectivity index (χ1n) is 3.04. The van der Waals surface area contributed by atoms with Crippen LogP contribution in [0.25, 0.3) is 11.0 Å². The average molecular weight is 297 g/mol. The van der Waals surface area contributed by atoms with Crippen LogP contribution in [0.1, 0.15) is 0 Å². The van der Waals surface area contributed by atoms with Crippen molar-refractivity contribution in [1.82, 2.24) is 15.2 Å². The standard InChI is InChI=1S/C6H2ClFIN3/c7-5-4-2(9)1-3(8)10-6(4)12-11-5/h1H,(H,10,11,12). The SMILES string of the molecule is Fc1cc(I)c2c(Cl)[nH]nc2n1. The second-order valence-corrected chi connectivity index (χ2v) is 3.70. The molecular weight excluding hydrogens is 295 g/mol. The largest absolute Gasteiger partial charge is 0.264 e. The fraction of sp³-hybridized carbons (Fsp3) is 0. The van der Waals surface area contributed by atoms with Crippen molar-refractivity contribution in [1.29, 1.82) is 0 Å². The molecule has 0 saturated carbocycles. The van der Waals surface area contributed by atoms with Crippen molar-refractivity contribution in [3.63, 3.8) is 0 Å². The Morgan fingerprint density at radius 1 is 1.58 bits per heavy atom. The highest BCUT2D eigenvalue weighted by Gasteiger charge is 2.09. The molecule has 0 aliphatic carbocycles. The molecule has 0 aliphatic rings. The van der Waals surface area contributed by atoms with E-state index in [4.69, 9.17) is 11.6 Å². The zero-order chi connectivity index (χ0) is 8.72. The van der Waals surface area contributed by atoms with Gasteiger partial charge in [0, 0.05) is 9.64 Å². The van der Waals surface area contributed by atoms with Gasteiger partial charge in [0.15, 0.2) is 5.65 Å². The molecule has 3 nitrogen and oxygen atoms in total. The molecule has 2 rings (SSSR count). The summed E-state index contributed by atoms with van der Waals surface area (Å²) in [5.74, 6) is -0.546. The van der Waals surface area contributed by atoms with Crippen molar-refractivity contribution in [3.05, 3.63) is 20.7 Å². The normalized spacial score (nSPS) is 10.9. The van der Waals surface area contributed by atoms with E-state index in [9.17, 15) is 4.39 Å². The van der Waals surface area contributed by atoms with Gasteiger partial charge in [0.2, 0.25) is 5.95 Å². The summed E-state index contributed by atoms with van der Waals surface area (Å²) in [5.41, 5.74) is 0.310. The summed E-state index contributed by atoms with van der Waals surface area (Å²) in [5, 5.41) is 7.31. The number of H-pyrrole nitrogens is 1. The average Bonchev–Trinajstić information content (AvgIpc) is 2.31. The number of hydrogen-bond donors (Lipinski definition) is 1. The van der Waals surface area contributed by atoms with Crippen LogP contribution in [-0.2, 0) is 0 Å². The molecule has 0 unspecified atom stereocenters. The van der Waals surface area contributed by atoms with E-state index in [0.717, 1.165) is 0 Å². The minimum absolute atomic E-state index is 0.310. The summed E-state index contributed by atoms with van der Waals surface area (Å²) in [7, 11) is 0. The fourth-order valence-corrected chi connectivity index (χ4v) is 2.07. The molecule has 2 aromatic heterocycles. The molecule has 12 heavy (non-hydrogen) atoms. The topological polar surface area (TPSA) is 41.6 Å². The molecule has 1 N–H and O–H groups in total. The highest BCUT2D eigenvalue weighted by Crippen LogP contribution is 2.24. The Morgan fingerprint density at radius 2 is 2.33 bits per heavy atom. The third-order valence-electron chi connectivity index (χ3n) is 1.40. The molecular formula is C6H2ClFIN3. The van der Waals surface area contributed by atoms with Crippen molar-refractivity contribution in [2.75, 3.05) is 0 Å². The zero-order valence-corrected chi connectivity index (χ0v) is 8.52. The van der Waals surface area contributed by atoms with E-state index in [-0.39, 0.29) is 0 Å². The van der Waals surface area contributed by atoms with Gasteiger partial charge in [0.25, 0.3) is 0 Å². The molecule has 0 radical (unpaired) electrons. The predicted octanol–water partition coefficient (Wildman–Crippen LogP) is 2.35. The maximum Gasteiger partial charge on any atom is 0.216 e. The van der Waals surface area contributed by atoms with E-state index < -0.39 is 5.95 Å². The van der Waals surface area contributed by atoms with Crippen LogP contribution in [0.15, 0.2) is 6.07 Å². The Balaban J connectivity index is 2.93. The molecule has 0 bridgehead atoms. The van der Waals surface area contributed by atoms with E-state index in [0.29, 0.717) is 19.8 Å². The summed E-state index contributed by atoms with van der Waals surface area (Å²) in [6.07, 6.45) is 0. The van der Waals surface area contributed by atoms with Gasteiger partial charge in [-0.3, -0.25) is 5.10 Å². The molecule has 0 amide bonds. The molecule has 0 fully saturated rings. The number of rotatable bonds is 0. The van der Waals surface area contributed by atoms with Gasteiger partial charge in [0.1, 0.15) is 5.15 Å². The quantitative estimate of drug-likeness (QED) is 0.599. The molecule has 0 saturated heterocycles. The molecule has 0 spiro atoms. The van der Waals surface area contributed by atoms with E-state index >= 15 is 0 Å². The summed E-state index contributed by atoms with van der Waals surface area (Å²) in [6, 6.07) is 1.31. The second-order valence-electron chi connectivity index (χ2n) is 2.16. The lowest BCUT2D eigenvalue weighted by Gasteiger charge is -1.92. The summed E-state index contributed by atoms with van der Waals surface area (Å²) in [6.45, 7) is 0. The van der Waals surface area contributed by atoms with Crippen molar-refractivity contribution in [2.24, 2.45) is 0 Å². The monoisotopic (exact) mass is 297 g/mol. The van der Waals surface area contributed by atoms with Crippen LogP contribution in [-0.4, -0.2) is 15.2 Å². The van der Waals surface area contributed by atoms with Crippen molar-refractivity contribution in [2.45, 2.75) is 0 Å². The molecule has 62 valence electrons. The van der Waals surface area contributed by atoms with Crippen LogP contribution in [0.4, 0.5) is 4.39 Å². The van der Waals surface area contributed by atoms with E-state index in [1.807, 2.05) is 22.6 Å². The van der Waals surface area contributed by atoms with Gasteiger partial charge in [-0.15, -0.1) is 0 Å². The van der Waals surface area contributed by atoms with Crippen molar-refractivity contribution in [3.8, 4) is 0 Å². The number of nitrogens with zero attached hydrogens (tertiary/aromatic N) is 2. The number of nitrogens with one attached hydrogen (secondary N) is 1. The minimum atomic E-state index is -0.546. The second kappa shape index (κ2) is 2.81. The summed E-state index contributed by atoms with van der Waals surface area (Å²) >= 11 is 7.73. The predicted molar refractivity (Wildman–Crippen MR) is 51.6 cm³/mol. The lowest BCUT2D eigenvalue weighted by molar-refractivity contribution is 0.587. The summed E-state index contributed by atoms with van der Waals surface area (Å²) in [4.78, 5) is 3.56. The number of fused-ring (bicyclic) bond motifs is 1. The number of hydrogen-bond acceptors (Lipinski definition) is 2. The maximum absolute atomic E-state index is 12.7. The van der Waals surface area contributed by atoms with Crippen LogP contribution in [0.5, 0.6) is 0 Å². The van der Waals surface area contributed by atoms with Gasteiger partial charge >= 0.3 is 0 Å². The maximum atomic E-state index is 12.7. The van der Waals surface area contributed by atoms with Gasteiger partial charge in [-0.1, -0.05) is 11.6 Å². The molecule has 6 heteroatoms. The Hall–Kier alpha value is -0.430. The van der Waals surface area contributed by atoms with Crippen LogP contribution >= 0.6 is 34.2 Å². The number of halogens is 3. The van der Waals surface area contributed by atoms with E-state index in [2.05, 4.69) is 15.2 Å². The Kier molecular flexibility index (Phi) is 1.91. The van der Waals surface area contributed by atoms with Crippen LogP contribution < -0.4 is 0 Å². The number of aromatic nitrogens is 3. The van der Waals surface area contributed by atoms with Crippen LogP contribution in [0, 0.1) is 9.52 Å². The number of pyridine rings is 1. The van der Waals surface area contributed by atoms with E-state index in [1.165, 1.54) is 6.07 Å². The van der Waals surface area contributed by atoms with Gasteiger partial charge in [-0.25, -0.2) is 0 Å². The van der Waals surface area contributed by atoms with Crippen molar-refractivity contribution >= 4 is 45.2 Å². The molecule has 0 aromatic carbocycles. The first kappa shape index (κ1) is 8.18. The van der Waals surface area contributed by atoms with E-state index in [1.54, 1.807) is 0 Å². The lowest BCUT2D eigenvalue weighted by Crippen LogP contribution is -1.85. The van der Waals surface area contributed by atoms with Crippen LogP contribution in [0.3, 0.4) is 0 Å².